The van der Waals surface area contributed by atoms with E-state index in [-0.39, 0.29) is 28.3 Å². The second-order valence-corrected chi connectivity index (χ2v) is 12.3. The second kappa shape index (κ2) is 7.87. The van der Waals surface area contributed by atoms with Crippen LogP contribution in [0.25, 0.3) is 0 Å². The van der Waals surface area contributed by atoms with Crippen molar-refractivity contribution < 1.29 is 17.8 Å². The largest absolute Gasteiger partial charge is 0.338 e. The Hall–Kier alpha value is -1.40. The van der Waals surface area contributed by atoms with Crippen LogP contribution in [-0.2, 0) is 21.3 Å². The average Bonchev–Trinajstić information content (AvgIpc) is 3.03. The van der Waals surface area contributed by atoms with E-state index in [4.69, 9.17) is 0 Å². The maximum atomic E-state index is 13.6. The fourth-order valence-electron chi connectivity index (χ4n) is 7.41. The molecule has 0 aliphatic heterocycles. The van der Waals surface area contributed by atoms with Gasteiger partial charge in [0.05, 0.1) is 4.90 Å². The second-order valence-electron chi connectivity index (χ2n) is 10.9. The average molecular weight is 448 g/mol. The van der Waals surface area contributed by atoms with Gasteiger partial charge in [-0.2, -0.15) is 8.42 Å². The minimum atomic E-state index is -4.17. The van der Waals surface area contributed by atoms with Crippen LogP contribution in [-0.4, -0.2) is 35.9 Å². The number of amides is 1. The van der Waals surface area contributed by atoms with Crippen LogP contribution in [0, 0.1) is 23.2 Å². The summed E-state index contributed by atoms with van der Waals surface area (Å²) in [6.45, 7) is 10.8. The highest BCUT2D eigenvalue weighted by Gasteiger charge is 2.57. The summed E-state index contributed by atoms with van der Waals surface area (Å²) in [5, 5.41) is 0. The van der Waals surface area contributed by atoms with E-state index >= 15 is 0 Å². The molecule has 1 aromatic rings. The molecule has 2 saturated carbocycles. The molecular weight excluding hydrogens is 410 g/mol. The summed E-state index contributed by atoms with van der Waals surface area (Å²) in [7, 11) is -4.17. The molecule has 5 nitrogen and oxygen atoms in total. The van der Waals surface area contributed by atoms with Gasteiger partial charge in [0.1, 0.15) is 0 Å². The van der Waals surface area contributed by atoms with Crippen molar-refractivity contribution in [2.75, 3.05) is 0 Å². The quantitative estimate of drug-likeness (QED) is 0.655. The lowest BCUT2D eigenvalue weighted by molar-refractivity contribution is -0.144. The Balaban J connectivity index is 1.61. The summed E-state index contributed by atoms with van der Waals surface area (Å²) in [5.74, 6) is 1.95. The molecule has 31 heavy (non-hydrogen) atoms. The number of aryl methyl sites for hydroxylation is 1. The zero-order chi connectivity index (χ0) is 22.7. The van der Waals surface area contributed by atoms with Crippen LogP contribution in [0.5, 0.6) is 0 Å². The zero-order valence-corrected chi connectivity index (χ0v) is 20.3. The minimum Gasteiger partial charge on any atom is -0.338 e. The Labute approximate surface area is 187 Å². The summed E-state index contributed by atoms with van der Waals surface area (Å²) in [6.07, 6.45) is 6.05. The number of hydrogen-bond acceptors (Lipinski definition) is 3. The van der Waals surface area contributed by atoms with E-state index in [2.05, 4.69) is 39.5 Å². The number of hydrogen-bond donors (Lipinski definition) is 1. The first kappa shape index (κ1) is 22.8. The van der Waals surface area contributed by atoms with Gasteiger partial charge in [0.2, 0.25) is 5.91 Å². The summed E-state index contributed by atoms with van der Waals surface area (Å²) in [6, 6.07) is 5.57. The number of nitrogens with zero attached hydrogens (tertiary/aromatic N) is 1. The Kier molecular flexibility index (Phi) is 5.79. The summed E-state index contributed by atoms with van der Waals surface area (Å²) in [5.41, 5.74) is 2.37. The van der Waals surface area contributed by atoms with Gasteiger partial charge < -0.3 is 4.90 Å². The molecule has 0 saturated heterocycles. The predicted octanol–water partition coefficient (Wildman–Crippen LogP) is 5.05. The minimum absolute atomic E-state index is 0.000614. The van der Waals surface area contributed by atoms with Crippen LogP contribution in [0.15, 0.2) is 23.1 Å². The maximum Gasteiger partial charge on any atom is 0.294 e. The van der Waals surface area contributed by atoms with Gasteiger partial charge in [-0.25, -0.2) is 0 Å². The van der Waals surface area contributed by atoms with E-state index in [1.807, 2.05) is 6.07 Å². The van der Waals surface area contributed by atoms with Gasteiger partial charge in [0.25, 0.3) is 10.1 Å². The van der Waals surface area contributed by atoms with Crippen molar-refractivity contribution in [1.82, 2.24) is 4.90 Å². The van der Waals surface area contributed by atoms with Crippen molar-refractivity contribution in [2.24, 2.45) is 23.2 Å². The molecular formula is C25H37NO4S. The van der Waals surface area contributed by atoms with Crippen molar-refractivity contribution in [3.05, 3.63) is 29.3 Å². The molecule has 2 fully saturated rings. The third-order valence-corrected chi connectivity index (χ3v) is 9.51. The number of fused-ring (bicyclic) bond motifs is 5. The van der Waals surface area contributed by atoms with E-state index in [0.29, 0.717) is 23.7 Å². The lowest BCUT2D eigenvalue weighted by atomic mass is 9.54. The van der Waals surface area contributed by atoms with Crippen LogP contribution in [0.2, 0.25) is 0 Å². The summed E-state index contributed by atoms with van der Waals surface area (Å²) < 4.78 is 32.5. The SMILES string of the molecule is CC(C)N(C(=O)[C@H]1CCC2C3CCc4cc(S(=O)(=O)O)ccc4C3CC[C@@]21C)C(C)C. The Morgan fingerprint density at radius 3 is 2.39 bits per heavy atom. The molecule has 5 atom stereocenters. The molecule has 172 valence electrons. The molecule has 1 amide bonds. The Morgan fingerprint density at radius 2 is 1.77 bits per heavy atom. The van der Waals surface area contributed by atoms with Crippen LogP contribution in [0.1, 0.15) is 83.8 Å². The molecule has 3 aliphatic carbocycles. The molecule has 3 unspecified atom stereocenters. The molecule has 1 N–H and O–H groups in total. The lowest BCUT2D eigenvalue weighted by Crippen LogP contribution is -2.50. The van der Waals surface area contributed by atoms with Crippen LogP contribution < -0.4 is 0 Å². The van der Waals surface area contributed by atoms with E-state index in [9.17, 15) is 17.8 Å². The van der Waals surface area contributed by atoms with Gasteiger partial charge in [0, 0.05) is 18.0 Å². The normalized spacial score (nSPS) is 32.5. The van der Waals surface area contributed by atoms with Crippen molar-refractivity contribution in [2.45, 2.75) is 96.0 Å². The molecule has 4 rings (SSSR count). The van der Waals surface area contributed by atoms with Crippen LogP contribution in [0.4, 0.5) is 0 Å². The molecule has 0 spiro atoms. The first-order valence-corrected chi connectivity index (χ1v) is 13.3. The smallest absolute Gasteiger partial charge is 0.294 e. The first-order chi connectivity index (χ1) is 14.4. The molecule has 0 radical (unpaired) electrons. The van der Waals surface area contributed by atoms with Crippen molar-refractivity contribution >= 4 is 16.0 Å². The third-order valence-electron chi connectivity index (χ3n) is 8.66. The van der Waals surface area contributed by atoms with Crippen molar-refractivity contribution in [3.63, 3.8) is 0 Å². The highest BCUT2D eigenvalue weighted by Crippen LogP contribution is 2.63. The molecule has 3 aliphatic rings. The number of benzene rings is 1. The van der Waals surface area contributed by atoms with Gasteiger partial charge in [-0.05, 0) is 113 Å². The van der Waals surface area contributed by atoms with E-state index in [0.717, 1.165) is 44.1 Å². The van der Waals surface area contributed by atoms with Crippen molar-refractivity contribution in [3.8, 4) is 0 Å². The van der Waals surface area contributed by atoms with Crippen LogP contribution in [0.3, 0.4) is 0 Å². The number of carbonyl (C=O) groups is 1. The summed E-state index contributed by atoms with van der Waals surface area (Å²) >= 11 is 0. The van der Waals surface area contributed by atoms with Gasteiger partial charge in [-0.3, -0.25) is 9.35 Å². The standard InChI is InChI=1S/C25H37NO4S/c1-15(2)26(16(3)4)24(27)23-11-10-22-21-8-6-17-14-18(31(28,29)30)7-9-19(17)20(21)12-13-25(22,23)5/h7,9,14-16,20-23H,6,8,10-13H2,1-5H3,(H,28,29,30)/t20?,21?,22?,23-,25+/m1/s1. The van der Waals surface area contributed by atoms with Gasteiger partial charge in [0.15, 0.2) is 0 Å². The van der Waals surface area contributed by atoms with Gasteiger partial charge in [-0.1, -0.05) is 13.0 Å². The van der Waals surface area contributed by atoms with E-state index in [1.54, 1.807) is 12.1 Å². The van der Waals surface area contributed by atoms with E-state index < -0.39 is 10.1 Å². The predicted molar refractivity (Wildman–Crippen MR) is 121 cm³/mol. The lowest BCUT2D eigenvalue weighted by Gasteiger charge is -2.51. The zero-order valence-electron chi connectivity index (χ0n) is 19.5. The monoisotopic (exact) mass is 447 g/mol. The molecule has 0 bridgehead atoms. The van der Waals surface area contributed by atoms with Crippen molar-refractivity contribution in [1.29, 1.82) is 0 Å². The Morgan fingerprint density at radius 1 is 1.10 bits per heavy atom. The van der Waals surface area contributed by atoms with Gasteiger partial charge >= 0.3 is 0 Å². The fraction of sp³-hybridized carbons (Fsp3) is 0.720. The molecule has 0 aromatic heterocycles. The van der Waals surface area contributed by atoms with E-state index in [1.165, 1.54) is 5.56 Å². The third kappa shape index (κ3) is 3.74. The number of rotatable bonds is 4. The van der Waals surface area contributed by atoms with Gasteiger partial charge in [-0.15, -0.1) is 0 Å². The highest BCUT2D eigenvalue weighted by molar-refractivity contribution is 7.85. The molecule has 6 heteroatoms. The fourth-order valence-corrected chi connectivity index (χ4v) is 7.94. The number of carbonyl (C=O) groups excluding carboxylic acids is 1. The molecule has 1 aromatic carbocycles. The van der Waals surface area contributed by atoms with Crippen LogP contribution >= 0.6 is 0 Å². The summed E-state index contributed by atoms with van der Waals surface area (Å²) in [4.78, 5) is 15.7. The first-order valence-electron chi connectivity index (χ1n) is 11.9. The molecule has 0 heterocycles. The topological polar surface area (TPSA) is 74.7 Å². The highest BCUT2D eigenvalue weighted by atomic mass is 32.2. The Bertz CT molecular complexity index is 962. The maximum absolute atomic E-state index is 13.6.